The van der Waals surface area contributed by atoms with Crippen LogP contribution in [0.25, 0.3) is 0 Å². The predicted octanol–water partition coefficient (Wildman–Crippen LogP) is 2.08. The summed E-state index contributed by atoms with van der Waals surface area (Å²) in [6.45, 7) is 13.7. The van der Waals surface area contributed by atoms with Crippen molar-refractivity contribution in [1.29, 1.82) is 0 Å². The highest BCUT2D eigenvalue weighted by atomic mass is 16.2. The highest BCUT2D eigenvalue weighted by molar-refractivity contribution is 5.76. The first kappa shape index (κ1) is 17.4. The minimum atomic E-state index is -0.239. The van der Waals surface area contributed by atoms with Gasteiger partial charge in [-0.2, -0.15) is 0 Å². The molecular formula is C16H33N3O. The molecule has 0 aliphatic carbocycles. The SMILES string of the molecule is CCN(CC)CC1CCN(C(=O)CCC(C)(C)N)CC1. The molecule has 4 nitrogen and oxygen atoms in total. The number of amides is 1. The molecule has 4 heteroatoms. The van der Waals surface area contributed by atoms with Gasteiger partial charge in [0, 0.05) is 31.6 Å². The Bertz CT molecular complexity index is 287. The van der Waals surface area contributed by atoms with Gasteiger partial charge in [0.1, 0.15) is 0 Å². The molecule has 1 rings (SSSR count). The number of piperidine rings is 1. The van der Waals surface area contributed by atoms with Gasteiger partial charge in [-0.1, -0.05) is 13.8 Å². The van der Waals surface area contributed by atoms with Crippen LogP contribution in [-0.4, -0.2) is 54.0 Å². The number of nitrogens with two attached hydrogens (primary N) is 1. The molecule has 0 aromatic heterocycles. The second kappa shape index (κ2) is 7.99. The summed E-state index contributed by atoms with van der Waals surface area (Å²) in [5.74, 6) is 1.04. The molecule has 0 radical (unpaired) electrons. The molecule has 0 spiro atoms. The number of hydrogen-bond acceptors (Lipinski definition) is 3. The van der Waals surface area contributed by atoms with E-state index in [1.807, 2.05) is 18.7 Å². The minimum Gasteiger partial charge on any atom is -0.343 e. The van der Waals surface area contributed by atoms with Crippen molar-refractivity contribution in [2.24, 2.45) is 11.7 Å². The van der Waals surface area contributed by atoms with Crippen LogP contribution >= 0.6 is 0 Å². The maximum Gasteiger partial charge on any atom is 0.222 e. The normalized spacial score (nSPS) is 17.8. The molecule has 118 valence electrons. The molecule has 1 fully saturated rings. The smallest absolute Gasteiger partial charge is 0.222 e. The van der Waals surface area contributed by atoms with Crippen LogP contribution in [-0.2, 0) is 4.79 Å². The van der Waals surface area contributed by atoms with E-state index >= 15 is 0 Å². The van der Waals surface area contributed by atoms with Crippen molar-refractivity contribution in [3.63, 3.8) is 0 Å². The lowest BCUT2D eigenvalue weighted by Crippen LogP contribution is -2.42. The van der Waals surface area contributed by atoms with Gasteiger partial charge in [-0.25, -0.2) is 0 Å². The molecule has 1 heterocycles. The van der Waals surface area contributed by atoms with Crippen molar-refractivity contribution in [3.8, 4) is 0 Å². The fourth-order valence-electron chi connectivity index (χ4n) is 2.80. The van der Waals surface area contributed by atoms with Crippen LogP contribution < -0.4 is 5.73 Å². The van der Waals surface area contributed by atoms with Crippen LogP contribution in [0.5, 0.6) is 0 Å². The Labute approximate surface area is 124 Å². The highest BCUT2D eigenvalue weighted by Crippen LogP contribution is 2.20. The van der Waals surface area contributed by atoms with Crippen LogP contribution in [0.2, 0.25) is 0 Å². The molecule has 1 aliphatic rings. The van der Waals surface area contributed by atoms with Gasteiger partial charge >= 0.3 is 0 Å². The predicted molar refractivity (Wildman–Crippen MR) is 84.6 cm³/mol. The van der Waals surface area contributed by atoms with E-state index in [9.17, 15) is 4.79 Å². The summed E-state index contributed by atoms with van der Waals surface area (Å²) in [6.07, 6.45) is 3.65. The van der Waals surface area contributed by atoms with Crippen LogP contribution in [0.15, 0.2) is 0 Å². The molecule has 0 aromatic carbocycles. The van der Waals surface area contributed by atoms with Gasteiger partial charge in [0.2, 0.25) is 5.91 Å². The molecule has 20 heavy (non-hydrogen) atoms. The summed E-state index contributed by atoms with van der Waals surface area (Å²) >= 11 is 0. The summed E-state index contributed by atoms with van der Waals surface area (Å²) in [5.41, 5.74) is 5.71. The van der Waals surface area contributed by atoms with Crippen molar-refractivity contribution in [2.75, 3.05) is 32.7 Å². The molecule has 1 aliphatic heterocycles. The van der Waals surface area contributed by atoms with E-state index in [4.69, 9.17) is 5.73 Å². The number of likely N-dealkylation sites (tertiary alicyclic amines) is 1. The van der Waals surface area contributed by atoms with Gasteiger partial charge < -0.3 is 15.5 Å². The fraction of sp³-hybridized carbons (Fsp3) is 0.938. The minimum absolute atomic E-state index is 0.239. The lowest BCUT2D eigenvalue weighted by molar-refractivity contribution is -0.133. The second-order valence-electron chi connectivity index (χ2n) is 6.80. The Morgan fingerprint density at radius 3 is 2.25 bits per heavy atom. The Balaban J connectivity index is 2.29. The van der Waals surface area contributed by atoms with E-state index in [1.54, 1.807) is 0 Å². The van der Waals surface area contributed by atoms with E-state index in [1.165, 1.54) is 6.54 Å². The van der Waals surface area contributed by atoms with E-state index in [0.29, 0.717) is 6.42 Å². The molecule has 0 unspecified atom stereocenters. The third-order valence-electron chi connectivity index (χ3n) is 4.36. The topological polar surface area (TPSA) is 49.6 Å². The Morgan fingerprint density at radius 2 is 1.80 bits per heavy atom. The summed E-state index contributed by atoms with van der Waals surface area (Å²) in [6, 6.07) is 0. The molecular weight excluding hydrogens is 250 g/mol. The first-order chi connectivity index (χ1) is 9.35. The van der Waals surface area contributed by atoms with Gasteiger partial charge in [-0.3, -0.25) is 4.79 Å². The summed E-state index contributed by atoms with van der Waals surface area (Å²) in [4.78, 5) is 16.7. The van der Waals surface area contributed by atoms with Crippen molar-refractivity contribution >= 4 is 5.91 Å². The van der Waals surface area contributed by atoms with Crippen LogP contribution in [0, 0.1) is 5.92 Å². The summed E-state index contributed by atoms with van der Waals surface area (Å²) < 4.78 is 0. The fourth-order valence-corrected chi connectivity index (χ4v) is 2.80. The number of rotatable bonds is 7. The molecule has 1 amide bonds. The zero-order valence-electron chi connectivity index (χ0n) is 13.8. The van der Waals surface area contributed by atoms with Gasteiger partial charge in [0.15, 0.2) is 0 Å². The van der Waals surface area contributed by atoms with Crippen molar-refractivity contribution in [3.05, 3.63) is 0 Å². The quantitative estimate of drug-likeness (QED) is 0.778. The Morgan fingerprint density at radius 1 is 1.25 bits per heavy atom. The Hall–Kier alpha value is -0.610. The van der Waals surface area contributed by atoms with Crippen molar-refractivity contribution in [2.45, 2.75) is 58.9 Å². The van der Waals surface area contributed by atoms with Crippen LogP contribution in [0.4, 0.5) is 0 Å². The van der Waals surface area contributed by atoms with E-state index in [0.717, 1.165) is 51.4 Å². The second-order valence-corrected chi connectivity index (χ2v) is 6.80. The van der Waals surface area contributed by atoms with Gasteiger partial charge in [-0.15, -0.1) is 0 Å². The molecule has 0 saturated carbocycles. The maximum absolute atomic E-state index is 12.1. The average molecular weight is 283 g/mol. The number of carbonyl (C=O) groups is 1. The van der Waals surface area contributed by atoms with Gasteiger partial charge in [0.25, 0.3) is 0 Å². The van der Waals surface area contributed by atoms with Crippen LogP contribution in [0.3, 0.4) is 0 Å². The largest absolute Gasteiger partial charge is 0.343 e. The van der Waals surface area contributed by atoms with Crippen molar-refractivity contribution in [1.82, 2.24) is 9.80 Å². The first-order valence-electron chi connectivity index (χ1n) is 8.14. The zero-order valence-corrected chi connectivity index (χ0v) is 13.8. The average Bonchev–Trinajstić information content (AvgIpc) is 2.42. The van der Waals surface area contributed by atoms with Gasteiger partial charge in [0.05, 0.1) is 0 Å². The number of carbonyl (C=O) groups excluding carboxylic acids is 1. The summed E-state index contributed by atoms with van der Waals surface area (Å²) in [5, 5.41) is 0. The molecule has 2 N–H and O–H groups in total. The molecule has 0 aromatic rings. The third-order valence-corrected chi connectivity index (χ3v) is 4.36. The maximum atomic E-state index is 12.1. The first-order valence-corrected chi connectivity index (χ1v) is 8.14. The molecule has 0 atom stereocenters. The lowest BCUT2D eigenvalue weighted by Gasteiger charge is -2.35. The molecule has 1 saturated heterocycles. The lowest BCUT2D eigenvalue weighted by atomic mass is 9.95. The highest BCUT2D eigenvalue weighted by Gasteiger charge is 2.24. The third kappa shape index (κ3) is 6.23. The number of nitrogens with zero attached hydrogens (tertiary/aromatic N) is 2. The standard InChI is InChI=1S/C16H33N3O/c1-5-18(6-2)13-14-8-11-19(12-9-14)15(20)7-10-16(3,4)17/h14H,5-13,17H2,1-4H3. The van der Waals surface area contributed by atoms with Crippen LogP contribution in [0.1, 0.15) is 53.4 Å². The monoisotopic (exact) mass is 283 g/mol. The van der Waals surface area contributed by atoms with Crippen molar-refractivity contribution < 1.29 is 4.79 Å². The van der Waals surface area contributed by atoms with E-state index in [2.05, 4.69) is 18.7 Å². The number of hydrogen-bond donors (Lipinski definition) is 1. The van der Waals surface area contributed by atoms with Gasteiger partial charge in [-0.05, 0) is 52.1 Å². The zero-order chi connectivity index (χ0) is 15.2. The summed E-state index contributed by atoms with van der Waals surface area (Å²) in [7, 11) is 0. The Kier molecular flexibility index (Phi) is 6.96. The van der Waals surface area contributed by atoms with E-state index in [-0.39, 0.29) is 11.4 Å². The molecule has 0 bridgehead atoms. The van der Waals surface area contributed by atoms with E-state index < -0.39 is 0 Å².